The second-order valence-electron chi connectivity index (χ2n) is 6.96. The first-order chi connectivity index (χ1) is 13.1. The molecule has 1 saturated carbocycles. The maximum absolute atomic E-state index is 12.3. The minimum Gasteiger partial charge on any atom is -0.497 e. The van der Waals surface area contributed by atoms with Crippen LogP contribution in [0.3, 0.4) is 0 Å². The summed E-state index contributed by atoms with van der Waals surface area (Å²) in [6, 6.07) is 15.5. The van der Waals surface area contributed by atoms with Crippen molar-refractivity contribution in [1.82, 2.24) is 5.32 Å². The molecule has 1 fully saturated rings. The highest BCUT2D eigenvalue weighted by Crippen LogP contribution is 2.41. The Hall–Kier alpha value is -2.69. The third kappa shape index (κ3) is 4.73. The number of benzene rings is 2. The van der Waals surface area contributed by atoms with Crippen LogP contribution < -0.4 is 19.5 Å². The molecule has 0 spiro atoms. The fourth-order valence-corrected chi connectivity index (χ4v) is 3.72. The molecule has 0 heterocycles. The van der Waals surface area contributed by atoms with Crippen LogP contribution >= 0.6 is 0 Å². The van der Waals surface area contributed by atoms with Gasteiger partial charge in [-0.25, -0.2) is 0 Å². The van der Waals surface area contributed by atoms with Crippen molar-refractivity contribution in [3.63, 3.8) is 0 Å². The first kappa shape index (κ1) is 19.1. The Balaban J connectivity index is 1.57. The van der Waals surface area contributed by atoms with Crippen molar-refractivity contribution < 1.29 is 19.0 Å². The summed E-state index contributed by atoms with van der Waals surface area (Å²) in [7, 11) is 3.27. The van der Waals surface area contributed by atoms with Crippen LogP contribution in [-0.2, 0) is 10.2 Å². The van der Waals surface area contributed by atoms with Gasteiger partial charge in [0.2, 0.25) is 0 Å². The van der Waals surface area contributed by atoms with Crippen LogP contribution in [0, 0.1) is 0 Å². The van der Waals surface area contributed by atoms with E-state index in [0.29, 0.717) is 18.0 Å². The molecule has 5 heteroatoms. The van der Waals surface area contributed by atoms with Gasteiger partial charge in [0.1, 0.15) is 17.2 Å². The van der Waals surface area contributed by atoms with E-state index in [4.69, 9.17) is 14.2 Å². The van der Waals surface area contributed by atoms with Gasteiger partial charge < -0.3 is 19.5 Å². The molecule has 1 N–H and O–H groups in total. The molecule has 0 saturated heterocycles. The van der Waals surface area contributed by atoms with Crippen LogP contribution in [0.2, 0.25) is 0 Å². The first-order valence-electron chi connectivity index (χ1n) is 9.33. The van der Waals surface area contributed by atoms with E-state index < -0.39 is 0 Å². The normalized spacial score (nSPS) is 15.2. The van der Waals surface area contributed by atoms with E-state index in [0.717, 1.165) is 18.6 Å². The molecule has 5 nitrogen and oxygen atoms in total. The van der Waals surface area contributed by atoms with E-state index in [1.165, 1.54) is 18.4 Å². The summed E-state index contributed by atoms with van der Waals surface area (Å²) >= 11 is 0. The molecular weight excluding hydrogens is 342 g/mol. The third-order valence-electron chi connectivity index (χ3n) is 5.30. The standard InChI is InChI=1S/C22H27NO4/c1-25-18-10-8-17(9-11-18)22(12-3-4-13-22)16-23-21(24)15-27-20-7-5-6-19(14-20)26-2/h5-11,14H,3-4,12-13,15-16H2,1-2H3,(H,23,24). The predicted molar refractivity (Wildman–Crippen MR) is 105 cm³/mol. The second kappa shape index (κ2) is 8.80. The number of hydrogen-bond acceptors (Lipinski definition) is 4. The molecule has 0 unspecified atom stereocenters. The molecule has 144 valence electrons. The molecule has 3 rings (SSSR count). The van der Waals surface area contributed by atoms with Crippen molar-refractivity contribution in [3.05, 3.63) is 54.1 Å². The largest absolute Gasteiger partial charge is 0.497 e. The maximum atomic E-state index is 12.3. The van der Waals surface area contributed by atoms with Gasteiger partial charge in [0.05, 0.1) is 14.2 Å². The monoisotopic (exact) mass is 369 g/mol. The summed E-state index contributed by atoms with van der Waals surface area (Å²) in [5.41, 5.74) is 1.26. The van der Waals surface area contributed by atoms with Gasteiger partial charge in [0.25, 0.3) is 5.91 Å². The van der Waals surface area contributed by atoms with Crippen LogP contribution in [0.4, 0.5) is 0 Å². The van der Waals surface area contributed by atoms with Crippen LogP contribution in [0.1, 0.15) is 31.2 Å². The van der Waals surface area contributed by atoms with Gasteiger partial charge in [-0.05, 0) is 42.7 Å². The van der Waals surface area contributed by atoms with Gasteiger partial charge >= 0.3 is 0 Å². The zero-order valence-corrected chi connectivity index (χ0v) is 16.0. The lowest BCUT2D eigenvalue weighted by molar-refractivity contribution is -0.123. The smallest absolute Gasteiger partial charge is 0.257 e. The molecule has 0 radical (unpaired) electrons. The zero-order chi connectivity index (χ0) is 19.1. The van der Waals surface area contributed by atoms with E-state index >= 15 is 0 Å². The summed E-state index contributed by atoms with van der Waals surface area (Å²) in [5.74, 6) is 2.06. The van der Waals surface area contributed by atoms with Gasteiger partial charge in [0, 0.05) is 18.0 Å². The summed E-state index contributed by atoms with van der Waals surface area (Å²) in [6.07, 6.45) is 4.52. The Morgan fingerprint density at radius 2 is 1.63 bits per heavy atom. The highest BCUT2D eigenvalue weighted by molar-refractivity contribution is 5.77. The van der Waals surface area contributed by atoms with Crippen molar-refractivity contribution in [2.75, 3.05) is 27.4 Å². The molecule has 0 aliphatic heterocycles. The lowest BCUT2D eigenvalue weighted by Crippen LogP contribution is -2.40. The highest BCUT2D eigenvalue weighted by atomic mass is 16.5. The number of methoxy groups -OCH3 is 2. The van der Waals surface area contributed by atoms with Gasteiger partial charge in [-0.3, -0.25) is 4.79 Å². The average molecular weight is 369 g/mol. The van der Waals surface area contributed by atoms with Gasteiger partial charge in [-0.1, -0.05) is 31.0 Å². The van der Waals surface area contributed by atoms with Crippen LogP contribution in [0.25, 0.3) is 0 Å². The van der Waals surface area contributed by atoms with Gasteiger partial charge in [0.15, 0.2) is 6.61 Å². The first-order valence-corrected chi connectivity index (χ1v) is 9.33. The van der Waals surface area contributed by atoms with Crippen LogP contribution in [0.15, 0.2) is 48.5 Å². The predicted octanol–water partition coefficient (Wildman–Crippen LogP) is 3.71. The number of rotatable bonds is 8. The SMILES string of the molecule is COc1ccc(C2(CNC(=O)COc3cccc(OC)c3)CCCC2)cc1. The van der Waals surface area contributed by atoms with Crippen molar-refractivity contribution in [2.45, 2.75) is 31.1 Å². The van der Waals surface area contributed by atoms with Crippen LogP contribution in [-0.4, -0.2) is 33.3 Å². The fourth-order valence-electron chi connectivity index (χ4n) is 3.72. The Labute approximate surface area is 160 Å². The number of amides is 1. The van der Waals surface area contributed by atoms with E-state index in [9.17, 15) is 4.79 Å². The summed E-state index contributed by atoms with van der Waals surface area (Å²) in [6.45, 7) is 0.617. The van der Waals surface area contributed by atoms with Gasteiger partial charge in [-0.15, -0.1) is 0 Å². The average Bonchev–Trinajstić information content (AvgIpc) is 3.21. The topological polar surface area (TPSA) is 56.8 Å². The fraction of sp³-hybridized carbons (Fsp3) is 0.409. The van der Waals surface area contributed by atoms with Crippen molar-refractivity contribution in [1.29, 1.82) is 0 Å². The maximum Gasteiger partial charge on any atom is 0.257 e. The Morgan fingerprint density at radius 3 is 2.30 bits per heavy atom. The number of carbonyl (C=O) groups is 1. The Bertz CT molecular complexity index is 751. The van der Waals surface area contributed by atoms with E-state index in [2.05, 4.69) is 17.4 Å². The third-order valence-corrected chi connectivity index (χ3v) is 5.30. The molecule has 1 aliphatic carbocycles. The van der Waals surface area contributed by atoms with Crippen LogP contribution in [0.5, 0.6) is 17.2 Å². The summed E-state index contributed by atoms with van der Waals surface area (Å²) < 4.78 is 16.0. The number of ether oxygens (including phenoxy) is 3. The van der Waals surface area contributed by atoms with Gasteiger partial charge in [-0.2, -0.15) is 0 Å². The lowest BCUT2D eigenvalue weighted by atomic mass is 9.79. The molecule has 1 amide bonds. The van der Waals surface area contributed by atoms with Crippen molar-refractivity contribution >= 4 is 5.91 Å². The Morgan fingerprint density at radius 1 is 0.963 bits per heavy atom. The quantitative estimate of drug-likeness (QED) is 0.771. The zero-order valence-electron chi connectivity index (χ0n) is 16.0. The summed E-state index contributed by atoms with van der Waals surface area (Å²) in [4.78, 5) is 12.3. The molecular formula is C22H27NO4. The van der Waals surface area contributed by atoms with Crippen molar-refractivity contribution in [2.24, 2.45) is 0 Å². The van der Waals surface area contributed by atoms with E-state index in [1.807, 2.05) is 30.3 Å². The molecule has 0 aromatic heterocycles. The van der Waals surface area contributed by atoms with Crippen molar-refractivity contribution in [3.8, 4) is 17.2 Å². The molecule has 2 aromatic carbocycles. The van der Waals surface area contributed by atoms with E-state index in [1.54, 1.807) is 20.3 Å². The second-order valence-corrected chi connectivity index (χ2v) is 6.96. The molecule has 2 aromatic rings. The molecule has 1 aliphatic rings. The lowest BCUT2D eigenvalue weighted by Gasteiger charge is -2.30. The minimum absolute atomic E-state index is 0.00208. The van der Waals surface area contributed by atoms with E-state index in [-0.39, 0.29) is 17.9 Å². The number of nitrogens with one attached hydrogen (secondary N) is 1. The summed E-state index contributed by atoms with van der Waals surface area (Å²) in [5, 5.41) is 3.06. The number of hydrogen-bond donors (Lipinski definition) is 1. The Kier molecular flexibility index (Phi) is 6.22. The minimum atomic E-state index is -0.113. The molecule has 0 atom stereocenters. The highest BCUT2D eigenvalue weighted by Gasteiger charge is 2.35. The number of carbonyl (C=O) groups excluding carboxylic acids is 1. The molecule has 27 heavy (non-hydrogen) atoms. The molecule has 0 bridgehead atoms.